The van der Waals surface area contributed by atoms with Crippen molar-refractivity contribution in [2.75, 3.05) is 5.32 Å². The molecule has 3 aromatic carbocycles. The number of carboxylic acids is 1. The minimum atomic E-state index is -4.22. The van der Waals surface area contributed by atoms with E-state index in [0.717, 1.165) is 6.07 Å². The number of aromatic carboxylic acids is 1. The van der Waals surface area contributed by atoms with Crippen molar-refractivity contribution in [3.05, 3.63) is 85.8 Å². The molecule has 12 heteroatoms. The fourth-order valence-corrected chi connectivity index (χ4v) is 4.20. The fourth-order valence-electron chi connectivity index (χ4n) is 2.49. The Morgan fingerprint density at radius 1 is 0.938 bits per heavy atom. The fraction of sp³-hybridized carbons (Fsp3) is 0. The van der Waals surface area contributed by atoms with Gasteiger partial charge in [0.25, 0.3) is 15.9 Å². The molecule has 3 rings (SSSR count). The maximum atomic E-state index is 12.8. The lowest BCUT2D eigenvalue weighted by Crippen LogP contribution is -2.16. The summed E-state index contributed by atoms with van der Waals surface area (Å²) in [4.78, 5) is 24.0. The zero-order chi connectivity index (χ0) is 23.5. The Morgan fingerprint density at radius 2 is 1.62 bits per heavy atom. The van der Waals surface area contributed by atoms with Gasteiger partial charge in [0.05, 0.1) is 27.4 Å². The highest BCUT2D eigenvalue weighted by Gasteiger charge is 2.20. The van der Waals surface area contributed by atoms with E-state index in [-0.39, 0.29) is 27.4 Å². The largest absolute Gasteiger partial charge is 0.478 e. The number of carbonyl (C=O) groups is 2. The molecular weight excluding hydrogens is 590 g/mol. The van der Waals surface area contributed by atoms with Crippen LogP contribution in [0.25, 0.3) is 0 Å². The Bertz CT molecular complexity index is 1350. The van der Waals surface area contributed by atoms with Gasteiger partial charge in [-0.3, -0.25) is 4.79 Å². The Kier molecular flexibility index (Phi) is 7.44. The van der Waals surface area contributed by atoms with Crippen molar-refractivity contribution < 1.29 is 23.1 Å². The van der Waals surface area contributed by atoms with E-state index in [0.29, 0.717) is 14.0 Å². The quantitative estimate of drug-likeness (QED) is 0.322. The van der Waals surface area contributed by atoms with Gasteiger partial charge >= 0.3 is 5.97 Å². The molecule has 0 saturated carbocycles. The second-order valence-corrected chi connectivity index (χ2v) is 10.0. The molecule has 0 atom stereocenters. The summed E-state index contributed by atoms with van der Waals surface area (Å²) < 4.78 is 29.4. The van der Waals surface area contributed by atoms with Crippen LogP contribution in [0.1, 0.15) is 20.7 Å². The Morgan fingerprint density at radius 3 is 2.28 bits per heavy atom. The molecule has 164 valence electrons. The maximum absolute atomic E-state index is 12.8. The van der Waals surface area contributed by atoms with Gasteiger partial charge in [-0.15, -0.1) is 5.11 Å². The van der Waals surface area contributed by atoms with Crippen molar-refractivity contribution in [3.8, 4) is 0 Å². The summed E-state index contributed by atoms with van der Waals surface area (Å²) in [6.45, 7) is 0. The Hall–Kier alpha value is -2.60. The zero-order valence-corrected chi connectivity index (χ0v) is 20.5. The lowest BCUT2D eigenvalue weighted by atomic mass is 10.1. The molecule has 0 aliphatic carbocycles. The van der Waals surface area contributed by atoms with Crippen molar-refractivity contribution in [2.45, 2.75) is 4.90 Å². The van der Waals surface area contributed by atoms with Crippen LogP contribution < -0.4 is 5.32 Å². The van der Waals surface area contributed by atoms with E-state index in [1.165, 1.54) is 48.5 Å². The van der Waals surface area contributed by atoms with Gasteiger partial charge in [-0.2, -0.15) is 8.42 Å². The van der Waals surface area contributed by atoms with E-state index in [2.05, 4.69) is 46.8 Å². The van der Waals surface area contributed by atoms with Crippen LogP contribution >= 0.6 is 43.5 Å². The molecule has 0 unspecified atom stereocenters. The average molecular weight is 602 g/mol. The molecule has 0 radical (unpaired) electrons. The number of hydrogen-bond acceptors (Lipinski definition) is 5. The summed E-state index contributed by atoms with van der Waals surface area (Å²) >= 11 is 12.2. The maximum Gasteiger partial charge on any atom is 0.337 e. The SMILES string of the molecule is O=C(Nc1ccc(Br)cc1C(=O)O)c1cc(S(=O)(=O)N=Nc2ccc(Cl)cc2)ccc1Br. The molecular formula is C20H12Br2ClN3O5S. The number of hydrogen-bond donors (Lipinski definition) is 2. The third kappa shape index (κ3) is 5.80. The topological polar surface area (TPSA) is 125 Å². The Balaban J connectivity index is 1.91. The molecule has 0 bridgehead atoms. The smallest absolute Gasteiger partial charge is 0.337 e. The summed E-state index contributed by atoms with van der Waals surface area (Å²) in [7, 11) is -4.22. The number of halogens is 3. The first-order valence-electron chi connectivity index (χ1n) is 8.64. The molecule has 0 aliphatic rings. The van der Waals surface area contributed by atoms with Crippen molar-refractivity contribution in [3.63, 3.8) is 0 Å². The number of benzene rings is 3. The van der Waals surface area contributed by atoms with Crippen LogP contribution in [0, 0.1) is 0 Å². The number of nitrogens with zero attached hydrogens (tertiary/aromatic N) is 2. The molecule has 0 heterocycles. The van der Waals surface area contributed by atoms with Crippen molar-refractivity contribution in [1.29, 1.82) is 0 Å². The molecule has 0 aromatic heterocycles. The number of nitrogens with one attached hydrogen (secondary N) is 1. The van der Waals surface area contributed by atoms with Gasteiger partial charge in [0.15, 0.2) is 0 Å². The minimum Gasteiger partial charge on any atom is -0.478 e. The highest BCUT2D eigenvalue weighted by molar-refractivity contribution is 9.10. The summed E-state index contributed by atoms with van der Waals surface area (Å²) in [6.07, 6.45) is 0. The second-order valence-electron chi connectivity index (χ2n) is 6.22. The van der Waals surface area contributed by atoms with Gasteiger partial charge in [0.1, 0.15) is 0 Å². The van der Waals surface area contributed by atoms with Crippen LogP contribution in [0.5, 0.6) is 0 Å². The van der Waals surface area contributed by atoms with E-state index in [9.17, 15) is 23.1 Å². The molecule has 0 aliphatic heterocycles. The Labute approximate surface area is 204 Å². The monoisotopic (exact) mass is 599 g/mol. The molecule has 1 amide bonds. The number of rotatable bonds is 6. The van der Waals surface area contributed by atoms with Crippen LogP contribution in [0.3, 0.4) is 0 Å². The molecule has 0 saturated heterocycles. The standard InChI is InChI=1S/C20H12Br2ClN3O5S/c21-11-1-8-18(16(9-11)20(28)29)24-19(27)15-10-14(6-7-17(15)22)32(30,31)26-25-13-4-2-12(23)3-5-13/h1-10H,(H,24,27)(H,28,29). The molecule has 32 heavy (non-hydrogen) atoms. The first-order chi connectivity index (χ1) is 15.1. The number of amides is 1. The van der Waals surface area contributed by atoms with E-state index in [1.54, 1.807) is 6.07 Å². The number of sulfonamides is 1. The molecule has 3 aromatic rings. The first-order valence-corrected chi connectivity index (χ1v) is 12.0. The lowest BCUT2D eigenvalue weighted by Gasteiger charge is -2.11. The number of carbonyl (C=O) groups excluding carboxylic acids is 1. The van der Waals surface area contributed by atoms with Crippen LogP contribution in [0.2, 0.25) is 5.02 Å². The highest BCUT2D eigenvalue weighted by atomic mass is 79.9. The highest BCUT2D eigenvalue weighted by Crippen LogP contribution is 2.26. The number of anilines is 1. The van der Waals surface area contributed by atoms with Crippen LogP contribution in [0.15, 0.2) is 84.1 Å². The summed E-state index contributed by atoms with van der Waals surface area (Å²) in [6, 6.07) is 14.2. The van der Waals surface area contributed by atoms with Crippen molar-refractivity contribution >= 4 is 76.7 Å². The van der Waals surface area contributed by atoms with Gasteiger partial charge < -0.3 is 10.4 Å². The average Bonchev–Trinajstić information content (AvgIpc) is 2.74. The van der Waals surface area contributed by atoms with Gasteiger partial charge in [-0.1, -0.05) is 32.1 Å². The van der Waals surface area contributed by atoms with Crippen LogP contribution in [-0.2, 0) is 10.0 Å². The zero-order valence-electron chi connectivity index (χ0n) is 15.8. The predicted octanol–water partition coefficient (Wildman–Crippen LogP) is 6.29. The van der Waals surface area contributed by atoms with E-state index < -0.39 is 21.9 Å². The lowest BCUT2D eigenvalue weighted by molar-refractivity contribution is 0.0698. The molecule has 0 spiro atoms. The predicted molar refractivity (Wildman–Crippen MR) is 126 cm³/mol. The third-order valence-corrected chi connectivity index (χ3v) is 6.61. The summed E-state index contributed by atoms with van der Waals surface area (Å²) in [5.74, 6) is -1.95. The van der Waals surface area contributed by atoms with Crippen LogP contribution in [0.4, 0.5) is 11.4 Å². The minimum absolute atomic E-state index is 0.0352. The van der Waals surface area contributed by atoms with Gasteiger partial charge in [0, 0.05) is 14.0 Å². The molecule has 2 N–H and O–H groups in total. The third-order valence-electron chi connectivity index (χ3n) is 4.03. The second kappa shape index (κ2) is 9.90. The van der Waals surface area contributed by atoms with Crippen LogP contribution in [-0.4, -0.2) is 25.4 Å². The summed E-state index contributed by atoms with van der Waals surface area (Å²) in [5, 5.41) is 16.0. The normalized spacial score (nSPS) is 11.5. The summed E-state index contributed by atoms with van der Waals surface area (Å²) in [5.41, 5.74) is 0.161. The first kappa shape index (κ1) is 24.1. The van der Waals surface area contributed by atoms with E-state index in [4.69, 9.17) is 11.6 Å². The number of carboxylic acid groups (broad SMARTS) is 1. The van der Waals surface area contributed by atoms with Crippen molar-refractivity contribution in [2.24, 2.45) is 9.63 Å². The van der Waals surface area contributed by atoms with Gasteiger partial charge in [-0.05, 0) is 76.6 Å². The van der Waals surface area contributed by atoms with Gasteiger partial charge in [0.2, 0.25) is 0 Å². The van der Waals surface area contributed by atoms with E-state index in [1.807, 2.05) is 0 Å². The van der Waals surface area contributed by atoms with Gasteiger partial charge in [-0.25, -0.2) is 4.79 Å². The van der Waals surface area contributed by atoms with E-state index >= 15 is 0 Å². The molecule has 0 fully saturated rings. The van der Waals surface area contributed by atoms with Crippen molar-refractivity contribution in [1.82, 2.24) is 0 Å². The molecule has 8 nitrogen and oxygen atoms in total.